The van der Waals surface area contributed by atoms with E-state index in [4.69, 9.17) is 14.6 Å². The van der Waals surface area contributed by atoms with Gasteiger partial charge in [0.15, 0.2) is 11.5 Å². The summed E-state index contributed by atoms with van der Waals surface area (Å²) in [6.07, 6.45) is 8.36. The minimum atomic E-state index is -0.0254. The molecule has 2 heterocycles. The van der Waals surface area contributed by atoms with Gasteiger partial charge in [-0.05, 0) is 55.5 Å². The van der Waals surface area contributed by atoms with Gasteiger partial charge in [-0.25, -0.2) is 0 Å². The molecule has 0 radical (unpaired) electrons. The van der Waals surface area contributed by atoms with Gasteiger partial charge >= 0.3 is 0 Å². The number of methoxy groups -OCH3 is 2. The number of aromatic nitrogens is 3. The first kappa shape index (κ1) is 20.9. The molecule has 3 aromatic rings. The van der Waals surface area contributed by atoms with Crippen LogP contribution >= 0.6 is 0 Å². The summed E-state index contributed by atoms with van der Waals surface area (Å²) in [4.78, 5) is 16.6. The Morgan fingerprint density at radius 3 is 2.61 bits per heavy atom. The molecule has 1 amide bonds. The first-order chi connectivity index (χ1) is 15.2. The highest BCUT2D eigenvalue weighted by Gasteiger charge is 2.21. The number of nitrogens with one attached hydrogen (secondary N) is 1. The molecule has 0 unspecified atom stereocenters. The van der Waals surface area contributed by atoms with Crippen molar-refractivity contribution in [1.82, 2.24) is 20.1 Å². The number of rotatable bonds is 8. The average molecular weight is 421 g/mol. The van der Waals surface area contributed by atoms with E-state index in [0.717, 1.165) is 29.7 Å². The SMILES string of the molecule is COc1ccc(CC(=O)NCCn2nc(-c3ccncc3)c3c2CCCC3)cc1OC. The van der Waals surface area contributed by atoms with Crippen molar-refractivity contribution in [3.63, 3.8) is 0 Å². The number of benzene rings is 1. The summed E-state index contributed by atoms with van der Waals surface area (Å²) in [6.45, 7) is 1.20. The van der Waals surface area contributed by atoms with Crippen LogP contribution < -0.4 is 14.8 Å². The van der Waals surface area contributed by atoms with Crippen molar-refractivity contribution >= 4 is 5.91 Å². The summed E-state index contributed by atoms with van der Waals surface area (Å²) in [5, 5.41) is 7.91. The lowest BCUT2D eigenvalue weighted by Crippen LogP contribution is -2.29. The third kappa shape index (κ3) is 4.71. The van der Waals surface area contributed by atoms with Crippen LogP contribution in [0.1, 0.15) is 29.7 Å². The van der Waals surface area contributed by atoms with Crippen molar-refractivity contribution in [3.8, 4) is 22.8 Å². The van der Waals surface area contributed by atoms with E-state index in [9.17, 15) is 4.79 Å². The number of fused-ring (bicyclic) bond motifs is 1. The van der Waals surface area contributed by atoms with Gasteiger partial charge in [0, 0.05) is 35.8 Å². The maximum atomic E-state index is 12.5. The van der Waals surface area contributed by atoms with E-state index < -0.39 is 0 Å². The smallest absolute Gasteiger partial charge is 0.224 e. The maximum Gasteiger partial charge on any atom is 0.224 e. The van der Waals surface area contributed by atoms with Crippen LogP contribution in [0.3, 0.4) is 0 Å². The molecule has 2 aromatic heterocycles. The van der Waals surface area contributed by atoms with Crippen LogP contribution in [0.2, 0.25) is 0 Å². The van der Waals surface area contributed by atoms with Crippen LogP contribution in [0, 0.1) is 0 Å². The molecule has 0 bridgehead atoms. The fourth-order valence-electron chi connectivity index (χ4n) is 4.14. The number of carbonyl (C=O) groups excluding carboxylic acids is 1. The molecule has 4 rings (SSSR count). The molecule has 1 aromatic carbocycles. The molecule has 0 aliphatic heterocycles. The Labute approximate surface area is 182 Å². The number of carbonyl (C=O) groups is 1. The Balaban J connectivity index is 1.40. The topological polar surface area (TPSA) is 78.3 Å². The third-order valence-electron chi connectivity index (χ3n) is 5.67. The summed E-state index contributed by atoms with van der Waals surface area (Å²) < 4.78 is 12.6. The zero-order valence-corrected chi connectivity index (χ0v) is 18.1. The molecular formula is C24H28N4O3. The fraction of sp³-hybridized carbons (Fsp3) is 0.375. The number of nitrogens with zero attached hydrogens (tertiary/aromatic N) is 3. The predicted octanol–water partition coefficient (Wildman–Crippen LogP) is 3.20. The summed E-state index contributed by atoms with van der Waals surface area (Å²) >= 11 is 0. The molecule has 31 heavy (non-hydrogen) atoms. The van der Waals surface area contributed by atoms with E-state index >= 15 is 0 Å². The molecule has 7 heteroatoms. The number of ether oxygens (including phenoxy) is 2. The summed E-state index contributed by atoms with van der Waals surface area (Å²) in [7, 11) is 3.19. The zero-order chi connectivity index (χ0) is 21.6. The number of amides is 1. The van der Waals surface area contributed by atoms with Gasteiger partial charge in [0.25, 0.3) is 0 Å². The quantitative estimate of drug-likeness (QED) is 0.606. The van der Waals surface area contributed by atoms with Crippen molar-refractivity contribution in [2.75, 3.05) is 20.8 Å². The van der Waals surface area contributed by atoms with Gasteiger partial charge in [0.1, 0.15) is 0 Å². The van der Waals surface area contributed by atoms with Crippen LogP contribution in [-0.4, -0.2) is 41.4 Å². The standard InChI is InChI=1S/C24H28N4O3/c1-30-21-8-7-17(15-22(21)31-2)16-23(29)26-13-14-28-20-6-4-3-5-19(20)24(27-28)18-9-11-25-12-10-18/h7-12,15H,3-6,13-14,16H2,1-2H3,(H,26,29). The molecular weight excluding hydrogens is 392 g/mol. The van der Waals surface area contributed by atoms with Crippen LogP contribution in [0.15, 0.2) is 42.7 Å². The number of hydrogen-bond acceptors (Lipinski definition) is 5. The van der Waals surface area contributed by atoms with Crippen molar-refractivity contribution in [3.05, 3.63) is 59.5 Å². The highest BCUT2D eigenvalue weighted by molar-refractivity contribution is 5.78. The second-order valence-electron chi connectivity index (χ2n) is 7.66. The number of hydrogen-bond donors (Lipinski definition) is 1. The second-order valence-corrected chi connectivity index (χ2v) is 7.66. The Morgan fingerprint density at radius 1 is 1.06 bits per heavy atom. The molecule has 0 saturated heterocycles. The second kappa shape index (κ2) is 9.64. The highest BCUT2D eigenvalue weighted by Crippen LogP contribution is 2.31. The fourth-order valence-corrected chi connectivity index (χ4v) is 4.14. The molecule has 1 N–H and O–H groups in total. The molecule has 162 valence electrons. The normalized spacial score (nSPS) is 12.8. The average Bonchev–Trinajstić information content (AvgIpc) is 3.18. The lowest BCUT2D eigenvalue weighted by Gasteiger charge is -2.14. The van der Waals surface area contributed by atoms with Crippen molar-refractivity contribution in [1.29, 1.82) is 0 Å². The summed E-state index contributed by atoms with van der Waals surface area (Å²) in [5.41, 5.74) is 5.67. The van der Waals surface area contributed by atoms with Crippen molar-refractivity contribution in [2.24, 2.45) is 0 Å². The third-order valence-corrected chi connectivity index (χ3v) is 5.67. The minimum absolute atomic E-state index is 0.0254. The van der Waals surface area contributed by atoms with Gasteiger partial charge < -0.3 is 14.8 Å². The van der Waals surface area contributed by atoms with Gasteiger partial charge in [-0.1, -0.05) is 6.07 Å². The van der Waals surface area contributed by atoms with Gasteiger partial charge in [0.2, 0.25) is 5.91 Å². The van der Waals surface area contributed by atoms with E-state index in [1.807, 2.05) is 30.3 Å². The number of pyridine rings is 1. The van der Waals surface area contributed by atoms with Gasteiger partial charge in [-0.15, -0.1) is 0 Å². The first-order valence-electron chi connectivity index (χ1n) is 10.7. The molecule has 0 spiro atoms. The van der Waals surface area contributed by atoms with Gasteiger partial charge in [-0.2, -0.15) is 5.10 Å². The summed E-state index contributed by atoms with van der Waals surface area (Å²) in [5.74, 6) is 1.25. The molecule has 0 atom stereocenters. The highest BCUT2D eigenvalue weighted by atomic mass is 16.5. The minimum Gasteiger partial charge on any atom is -0.493 e. The molecule has 0 saturated carbocycles. The first-order valence-corrected chi connectivity index (χ1v) is 10.7. The predicted molar refractivity (Wildman–Crippen MR) is 118 cm³/mol. The van der Waals surface area contributed by atoms with E-state index in [0.29, 0.717) is 31.0 Å². The largest absolute Gasteiger partial charge is 0.493 e. The molecule has 7 nitrogen and oxygen atoms in total. The van der Waals surface area contributed by atoms with Gasteiger partial charge in [0.05, 0.1) is 32.9 Å². The van der Waals surface area contributed by atoms with Crippen LogP contribution in [0.5, 0.6) is 11.5 Å². The lowest BCUT2D eigenvalue weighted by atomic mass is 9.94. The zero-order valence-electron chi connectivity index (χ0n) is 18.1. The Bertz CT molecular complexity index is 1050. The van der Waals surface area contributed by atoms with E-state index in [1.165, 1.54) is 24.1 Å². The van der Waals surface area contributed by atoms with E-state index in [2.05, 4.69) is 15.0 Å². The Kier molecular flexibility index (Phi) is 6.50. The monoisotopic (exact) mass is 420 g/mol. The van der Waals surface area contributed by atoms with Gasteiger partial charge in [-0.3, -0.25) is 14.5 Å². The lowest BCUT2D eigenvalue weighted by molar-refractivity contribution is -0.120. The van der Waals surface area contributed by atoms with Crippen LogP contribution in [-0.2, 0) is 30.6 Å². The Morgan fingerprint density at radius 2 is 1.84 bits per heavy atom. The van der Waals surface area contributed by atoms with E-state index in [-0.39, 0.29) is 5.91 Å². The maximum absolute atomic E-state index is 12.5. The van der Waals surface area contributed by atoms with Crippen LogP contribution in [0.25, 0.3) is 11.3 Å². The van der Waals surface area contributed by atoms with E-state index in [1.54, 1.807) is 26.6 Å². The molecule has 0 fully saturated rings. The van der Waals surface area contributed by atoms with Crippen molar-refractivity contribution < 1.29 is 14.3 Å². The molecule has 1 aliphatic carbocycles. The summed E-state index contributed by atoms with van der Waals surface area (Å²) in [6, 6.07) is 9.55. The molecule has 1 aliphatic rings. The van der Waals surface area contributed by atoms with Crippen LogP contribution in [0.4, 0.5) is 0 Å². The van der Waals surface area contributed by atoms with Crippen molar-refractivity contribution in [2.45, 2.75) is 38.6 Å². The Hall–Kier alpha value is -3.35.